The lowest BCUT2D eigenvalue weighted by molar-refractivity contribution is -0.233. The summed E-state index contributed by atoms with van der Waals surface area (Å²) in [6.07, 6.45) is -3.14. The normalized spacial score (nSPS) is 15.2. The second kappa shape index (κ2) is 21.4. The van der Waals surface area contributed by atoms with Gasteiger partial charge in [-0.05, 0) is 73.6 Å². The van der Waals surface area contributed by atoms with Crippen molar-refractivity contribution in [1.82, 2.24) is 14.7 Å². The van der Waals surface area contributed by atoms with Crippen molar-refractivity contribution in [3.63, 3.8) is 0 Å². The van der Waals surface area contributed by atoms with Crippen molar-refractivity contribution in [3.05, 3.63) is 0 Å². The van der Waals surface area contributed by atoms with E-state index in [0.717, 1.165) is 59.8 Å². The molecule has 0 amide bonds. The van der Waals surface area contributed by atoms with E-state index in [0.29, 0.717) is 13.0 Å². The average molecular weight is 592 g/mol. The van der Waals surface area contributed by atoms with Gasteiger partial charge < -0.3 is 43.5 Å². The number of aliphatic hydroxyl groups excluding tert-OH is 1. The van der Waals surface area contributed by atoms with Gasteiger partial charge in [0.2, 0.25) is 0 Å². The highest BCUT2D eigenvalue weighted by molar-refractivity contribution is 5.68. The number of aliphatic hydroxyl groups is 1. The zero-order valence-electron chi connectivity index (χ0n) is 26.4. The molecule has 0 aromatic rings. The van der Waals surface area contributed by atoms with Gasteiger partial charge in [-0.1, -0.05) is 6.92 Å². The third-order valence-electron chi connectivity index (χ3n) is 6.14. The first-order chi connectivity index (χ1) is 19.1. The molecule has 5 atom stereocenters. The number of carbonyl (C=O) groups excluding carboxylic acids is 4. The number of esters is 4. The fraction of sp³-hybridized carbons (Fsp3) is 0.857. The van der Waals surface area contributed by atoms with Gasteiger partial charge in [-0.25, -0.2) is 0 Å². The highest BCUT2D eigenvalue weighted by Crippen LogP contribution is 2.24. The molecule has 0 radical (unpaired) electrons. The van der Waals surface area contributed by atoms with Crippen molar-refractivity contribution in [2.45, 2.75) is 78.5 Å². The van der Waals surface area contributed by atoms with Crippen LogP contribution in [-0.4, -0.2) is 142 Å². The molecule has 0 rings (SSSR count). The van der Waals surface area contributed by atoms with Crippen LogP contribution in [0.5, 0.6) is 0 Å². The molecule has 0 aliphatic rings. The first kappa shape index (κ1) is 38.7. The maximum atomic E-state index is 12.0. The standard InChI is InChI=1S/C28H53N3O10/c1-20(19-38-21(2)32)25(39-22(3)33)26(40-23(4)34)27(41-24(5)35)28(36)37-18-12-17-31(9)16-11-15-30(8)14-10-13-29(6)7/h20,25-28,36H,10-19H2,1-9H3. The molecule has 41 heavy (non-hydrogen) atoms. The molecule has 0 aromatic heterocycles. The molecule has 0 aliphatic heterocycles. The summed E-state index contributed by atoms with van der Waals surface area (Å²) >= 11 is 0. The Kier molecular flexibility index (Phi) is 20.2. The van der Waals surface area contributed by atoms with Gasteiger partial charge in [0, 0.05) is 40.2 Å². The van der Waals surface area contributed by atoms with Gasteiger partial charge in [0.15, 0.2) is 18.5 Å². The second-order valence-electron chi connectivity index (χ2n) is 10.7. The van der Waals surface area contributed by atoms with Gasteiger partial charge >= 0.3 is 23.9 Å². The molecular weight excluding hydrogens is 538 g/mol. The van der Waals surface area contributed by atoms with Gasteiger partial charge in [0.1, 0.15) is 6.10 Å². The van der Waals surface area contributed by atoms with Crippen LogP contribution in [0.15, 0.2) is 0 Å². The fourth-order valence-corrected chi connectivity index (χ4v) is 4.16. The van der Waals surface area contributed by atoms with Crippen molar-refractivity contribution in [2.24, 2.45) is 5.92 Å². The smallest absolute Gasteiger partial charge is 0.303 e. The fourth-order valence-electron chi connectivity index (χ4n) is 4.16. The van der Waals surface area contributed by atoms with Gasteiger partial charge in [-0.3, -0.25) is 19.2 Å². The van der Waals surface area contributed by atoms with Gasteiger partial charge in [0.05, 0.1) is 13.2 Å². The lowest BCUT2D eigenvalue weighted by atomic mass is 9.95. The van der Waals surface area contributed by atoms with Crippen molar-refractivity contribution in [1.29, 1.82) is 0 Å². The Morgan fingerprint density at radius 3 is 1.54 bits per heavy atom. The number of carbonyl (C=O) groups is 4. The summed E-state index contributed by atoms with van der Waals surface area (Å²) in [5, 5.41) is 10.9. The molecule has 0 bridgehead atoms. The highest BCUT2D eigenvalue weighted by atomic mass is 16.7. The predicted octanol–water partition coefficient (Wildman–Crippen LogP) is 0.911. The number of nitrogens with zero attached hydrogens (tertiary/aromatic N) is 3. The molecule has 13 heteroatoms. The first-order valence-electron chi connectivity index (χ1n) is 14.1. The average Bonchev–Trinajstić information content (AvgIpc) is 2.85. The molecule has 240 valence electrons. The van der Waals surface area contributed by atoms with E-state index >= 15 is 0 Å². The molecule has 5 unspecified atom stereocenters. The number of hydrogen-bond acceptors (Lipinski definition) is 13. The van der Waals surface area contributed by atoms with Crippen LogP contribution in [0.1, 0.15) is 53.9 Å². The molecular formula is C28H53N3O10. The van der Waals surface area contributed by atoms with Crippen LogP contribution in [0.4, 0.5) is 0 Å². The minimum absolute atomic E-state index is 0.127. The van der Waals surface area contributed by atoms with E-state index in [2.05, 4.69) is 35.8 Å². The quantitative estimate of drug-likeness (QED) is 0.0825. The molecule has 1 N–H and O–H groups in total. The van der Waals surface area contributed by atoms with E-state index in [9.17, 15) is 24.3 Å². The van der Waals surface area contributed by atoms with E-state index in [-0.39, 0.29) is 13.2 Å². The summed E-state index contributed by atoms with van der Waals surface area (Å²) in [6, 6.07) is 0. The Balaban J connectivity index is 5.15. The van der Waals surface area contributed by atoms with Gasteiger partial charge in [-0.15, -0.1) is 0 Å². The molecule has 0 spiro atoms. The molecule has 0 saturated heterocycles. The second-order valence-corrected chi connectivity index (χ2v) is 10.7. The summed E-state index contributed by atoms with van der Waals surface area (Å²) < 4.78 is 26.7. The SMILES string of the molecule is CC(=O)OCC(C)C(OC(C)=O)C(OC(C)=O)C(OC(C)=O)C(O)OCCCN(C)CCCN(C)CCCN(C)C. The molecule has 13 nitrogen and oxygen atoms in total. The largest absolute Gasteiger partial charge is 0.465 e. The third kappa shape index (κ3) is 19.4. The topological polar surface area (TPSA) is 144 Å². The summed E-state index contributed by atoms with van der Waals surface area (Å²) in [5.41, 5.74) is 0. The Bertz CT molecular complexity index is 782. The van der Waals surface area contributed by atoms with E-state index < -0.39 is 54.4 Å². The number of rotatable bonds is 22. The van der Waals surface area contributed by atoms with Crippen LogP contribution in [0.2, 0.25) is 0 Å². The summed E-state index contributed by atoms with van der Waals surface area (Å²) in [7, 11) is 8.27. The maximum absolute atomic E-state index is 12.0. The van der Waals surface area contributed by atoms with Crippen LogP contribution in [0.25, 0.3) is 0 Å². The monoisotopic (exact) mass is 591 g/mol. The van der Waals surface area contributed by atoms with Crippen LogP contribution in [0.3, 0.4) is 0 Å². The molecule has 0 aliphatic carbocycles. The zero-order chi connectivity index (χ0) is 31.5. The molecule has 0 aromatic carbocycles. The molecule has 0 saturated carbocycles. The number of ether oxygens (including phenoxy) is 5. The van der Waals surface area contributed by atoms with E-state index in [4.69, 9.17) is 23.7 Å². The Morgan fingerprint density at radius 1 is 0.634 bits per heavy atom. The predicted molar refractivity (Wildman–Crippen MR) is 152 cm³/mol. The van der Waals surface area contributed by atoms with Gasteiger partial charge in [-0.2, -0.15) is 0 Å². The summed E-state index contributed by atoms with van der Waals surface area (Å²) in [6.45, 7) is 10.9. The molecule has 0 heterocycles. The first-order valence-corrected chi connectivity index (χ1v) is 14.1. The van der Waals surface area contributed by atoms with E-state index in [1.165, 1.54) is 6.92 Å². The lowest BCUT2D eigenvalue weighted by Gasteiger charge is -2.36. The maximum Gasteiger partial charge on any atom is 0.303 e. The van der Waals surface area contributed by atoms with Crippen molar-refractivity contribution in [2.75, 3.05) is 74.1 Å². The lowest BCUT2D eigenvalue weighted by Crippen LogP contribution is -2.53. The number of hydrogen-bond donors (Lipinski definition) is 1. The summed E-state index contributed by atoms with van der Waals surface area (Å²) in [5.74, 6) is -3.48. The minimum Gasteiger partial charge on any atom is -0.465 e. The molecule has 0 fully saturated rings. The zero-order valence-corrected chi connectivity index (χ0v) is 26.4. The van der Waals surface area contributed by atoms with Crippen LogP contribution in [0, 0.1) is 5.92 Å². The third-order valence-corrected chi connectivity index (χ3v) is 6.14. The van der Waals surface area contributed by atoms with Crippen molar-refractivity contribution in [3.8, 4) is 0 Å². The van der Waals surface area contributed by atoms with Gasteiger partial charge in [0.25, 0.3) is 0 Å². The van der Waals surface area contributed by atoms with Crippen LogP contribution < -0.4 is 0 Å². The van der Waals surface area contributed by atoms with Crippen molar-refractivity contribution < 1.29 is 48.0 Å². The van der Waals surface area contributed by atoms with E-state index in [1.807, 2.05) is 7.05 Å². The van der Waals surface area contributed by atoms with Crippen LogP contribution >= 0.6 is 0 Å². The Labute approximate surface area is 245 Å². The highest BCUT2D eigenvalue weighted by Gasteiger charge is 2.44. The van der Waals surface area contributed by atoms with Crippen LogP contribution in [-0.2, 0) is 42.9 Å². The van der Waals surface area contributed by atoms with Crippen molar-refractivity contribution >= 4 is 23.9 Å². The Hall–Kier alpha value is -2.32. The summed E-state index contributed by atoms with van der Waals surface area (Å²) in [4.78, 5) is 53.7. The van der Waals surface area contributed by atoms with E-state index in [1.54, 1.807) is 6.92 Å². The Morgan fingerprint density at radius 2 is 1.07 bits per heavy atom. The minimum atomic E-state index is -1.69.